The van der Waals surface area contributed by atoms with E-state index in [1.807, 2.05) is 4.90 Å². The molecule has 1 aliphatic heterocycles. The topological polar surface area (TPSA) is 115 Å². The van der Waals surface area contributed by atoms with Crippen molar-refractivity contribution in [2.75, 3.05) is 30.8 Å². The van der Waals surface area contributed by atoms with E-state index in [4.69, 9.17) is 4.74 Å². The first-order chi connectivity index (χ1) is 17.3. The van der Waals surface area contributed by atoms with Crippen molar-refractivity contribution in [2.45, 2.75) is 37.6 Å². The van der Waals surface area contributed by atoms with E-state index in [-0.39, 0.29) is 24.0 Å². The number of esters is 1. The van der Waals surface area contributed by atoms with E-state index in [1.165, 1.54) is 30.5 Å². The molecule has 0 unspecified atom stereocenters. The number of sulfone groups is 1. The zero-order valence-electron chi connectivity index (χ0n) is 20.1. The fourth-order valence-electron chi connectivity index (χ4n) is 4.33. The van der Waals surface area contributed by atoms with Crippen LogP contribution in [0.5, 0.6) is 0 Å². The number of fused-ring (bicyclic) bond motifs is 1. The molecule has 1 aromatic heterocycles. The van der Waals surface area contributed by atoms with Crippen LogP contribution in [0.3, 0.4) is 0 Å². The summed E-state index contributed by atoms with van der Waals surface area (Å²) in [7, 11) is -4.01. The summed E-state index contributed by atoms with van der Waals surface area (Å²) >= 11 is 0. The second kappa shape index (κ2) is 10.9. The molecule has 1 saturated heterocycles. The van der Waals surface area contributed by atoms with E-state index in [1.54, 1.807) is 35.8 Å². The van der Waals surface area contributed by atoms with Gasteiger partial charge in [0.2, 0.25) is 11.8 Å². The van der Waals surface area contributed by atoms with Crippen LogP contribution in [0.1, 0.15) is 36.5 Å². The summed E-state index contributed by atoms with van der Waals surface area (Å²) in [4.78, 5) is 39.0. The lowest BCUT2D eigenvalue weighted by molar-refractivity contribution is -0.132. The zero-order chi connectivity index (χ0) is 25.7. The highest BCUT2D eigenvalue weighted by molar-refractivity contribution is 7.92. The summed E-state index contributed by atoms with van der Waals surface area (Å²) in [5.74, 6) is -2.00. The van der Waals surface area contributed by atoms with Crippen LogP contribution in [0.2, 0.25) is 0 Å². The fraction of sp³-hybridized carbons (Fsp3) is 0.346. The summed E-state index contributed by atoms with van der Waals surface area (Å²) in [6.07, 6.45) is 4.50. The van der Waals surface area contributed by atoms with Crippen LogP contribution in [0.25, 0.3) is 10.9 Å². The predicted molar refractivity (Wildman–Crippen MR) is 135 cm³/mol. The molecule has 1 aliphatic rings. The number of para-hydroxylation sites is 1. The molecule has 0 spiro atoms. The van der Waals surface area contributed by atoms with Crippen molar-refractivity contribution >= 4 is 44.2 Å². The van der Waals surface area contributed by atoms with Gasteiger partial charge in [0.05, 0.1) is 17.1 Å². The molecular weight excluding hydrogens is 482 g/mol. The van der Waals surface area contributed by atoms with E-state index in [2.05, 4.69) is 5.32 Å². The Morgan fingerprint density at radius 2 is 1.67 bits per heavy atom. The Labute approximate surface area is 209 Å². The average molecular weight is 512 g/mol. The average Bonchev–Trinajstić information content (AvgIpc) is 3.24. The van der Waals surface area contributed by atoms with Crippen molar-refractivity contribution in [1.82, 2.24) is 9.47 Å². The number of ether oxygens (including phenoxy) is 1. The van der Waals surface area contributed by atoms with Gasteiger partial charge in [-0.15, -0.1) is 0 Å². The van der Waals surface area contributed by atoms with Crippen molar-refractivity contribution < 1.29 is 27.5 Å². The molecule has 190 valence electrons. The molecule has 2 aromatic carbocycles. The first-order valence-electron chi connectivity index (χ1n) is 11.9. The highest BCUT2D eigenvalue weighted by Gasteiger charge is 2.26. The SMILES string of the molecule is CCOC(=O)c1ccc(NC(=O)CS(=O)(=O)c2cn(CC(=O)N3CCCCC3)c3ccccc23)cc1. The number of aromatic nitrogens is 1. The minimum Gasteiger partial charge on any atom is -0.462 e. The number of carbonyl (C=O) groups is 3. The molecule has 0 saturated carbocycles. The van der Waals surface area contributed by atoms with Crippen molar-refractivity contribution in [3.05, 3.63) is 60.3 Å². The number of piperidine rings is 1. The molecule has 3 aromatic rings. The van der Waals surface area contributed by atoms with E-state index >= 15 is 0 Å². The van der Waals surface area contributed by atoms with Crippen molar-refractivity contribution in [3.63, 3.8) is 0 Å². The third-order valence-electron chi connectivity index (χ3n) is 6.10. The third-order valence-corrected chi connectivity index (χ3v) is 7.74. The summed E-state index contributed by atoms with van der Waals surface area (Å²) in [6, 6.07) is 13.0. The molecule has 0 radical (unpaired) electrons. The lowest BCUT2D eigenvalue weighted by Gasteiger charge is -2.27. The van der Waals surface area contributed by atoms with Crippen molar-refractivity contribution in [3.8, 4) is 0 Å². The maximum Gasteiger partial charge on any atom is 0.338 e. The second-order valence-corrected chi connectivity index (χ2v) is 10.6. The number of likely N-dealkylation sites (tertiary alicyclic amines) is 1. The molecule has 4 rings (SSSR count). The van der Waals surface area contributed by atoms with Crippen LogP contribution in [0, 0.1) is 0 Å². The number of carbonyl (C=O) groups excluding carboxylic acids is 3. The van der Waals surface area contributed by atoms with Gasteiger partial charge in [-0.2, -0.15) is 0 Å². The molecule has 1 fully saturated rings. The Morgan fingerprint density at radius 3 is 2.36 bits per heavy atom. The van der Waals surface area contributed by atoms with Gasteiger partial charge in [-0.3, -0.25) is 9.59 Å². The number of anilines is 1. The first-order valence-corrected chi connectivity index (χ1v) is 13.6. The maximum atomic E-state index is 13.2. The third kappa shape index (κ3) is 5.76. The summed E-state index contributed by atoms with van der Waals surface area (Å²) in [5.41, 5.74) is 1.31. The Morgan fingerprint density at radius 1 is 0.972 bits per heavy atom. The van der Waals surface area contributed by atoms with Gasteiger partial charge in [0, 0.05) is 35.9 Å². The van der Waals surface area contributed by atoms with Crippen molar-refractivity contribution in [1.29, 1.82) is 0 Å². The van der Waals surface area contributed by atoms with Crippen LogP contribution in [-0.2, 0) is 30.7 Å². The van der Waals surface area contributed by atoms with E-state index in [0.717, 1.165) is 19.3 Å². The summed E-state index contributed by atoms with van der Waals surface area (Å²) < 4.78 is 33.0. The van der Waals surface area contributed by atoms with E-state index in [9.17, 15) is 22.8 Å². The van der Waals surface area contributed by atoms with Gasteiger partial charge in [0.15, 0.2) is 9.84 Å². The summed E-state index contributed by atoms with van der Waals surface area (Å²) in [5, 5.41) is 3.03. The van der Waals surface area contributed by atoms with Crippen LogP contribution >= 0.6 is 0 Å². The van der Waals surface area contributed by atoms with Crippen molar-refractivity contribution in [2.24, 2.45) is 0 Å². The fourth-order valence-corrected chi connectivity index (χ4v) is 5.70. The van der Waals surface area contributed by atoms with Crippen LogP contribution in [0.15, 0.2) is 59.6 Å². The number of benzene rings is 2. The number of amides is 2. The Hall–Kier alpha value is -3.66. The largest absolute Gasteiger partial charge is 0.462 e. The molecule has 0 aliphatic carbocycles. The van der Waals surface area contributed by atoms with Gasteiger partial charge in [0.1, 0.15) is 12.3 Å². The van der Waals surface area contributed by atoms with E-state index < -0.39 is 27.5 Å². The Balaban J connectivity index is 1.50. The highest BCUT2D eigenvalue weighted by atomic mass is 32.2. The monoisotopic (exact) mass is 511 g/mol. The van der Waals surface area contributed by atoms with Gasteiger partial charge in [-0.1, -0.05) is 18.2 Å². The van der Waals surface area contributed by atoms with Gasteiger partial charge in [-0.25, -0.2) is 13.2 Å². The minimum absolute atomic E-state index is 0.0114. The lowest BCUT2D eigenvalue weighted by Crippen LogP contribution is -2.37. The van der Waals surface area contributed by atoms with E-state index in [0.29, 0.717) is 35.2 Å². The smallest absolute Gasteiger partial charge is 0.338 e. The lowest BCUT2D eigenvalue weighted by atomic mass is 10.1. The van der Waals surface area contributed by atoms with Crippen LogP contribution in [-0.4, -0.2) is 61.1 Å². The molecule has 2 amide bonds. The van der Waals surface area contributed by atoms with Gasteiger partial charge in [-0.05, 0) is 56.5 Å². The predicted octanol–water partition coefficient (Wildman–Crippen LogP) is 3.24. The first kappa shape index (κ1) is 25.4. The molecule has 2 heterocycles. The molecule has 36 heavy (non-hydrogen) atoms. The normalized spacial score (nSPS) is 14.0. The number of hydrogen-bond donors (Lipinski definition) is 1. The maximum absolute atomic E-state index is 13.2. The molecule has 0 bridgehead atoms. The molecule has 0 atom stereocenters. The molecule has 1 N–H and O–H groups in total. The highest BCUT2D eigenvalue weighted by Crippen LogP contribution is 2.27. The minimum atomic E-state index is -4.01. The summed E-state index contributed by atoms with van der Waals surface area (Å²) in [6.45, 7) is 3.41. The van der Waals surface area contributed by atoms with Gasteiger partial charge in [0.25, 0.3) is 0 Å². The number of nitrogens with one attached hydrogen (secondary N) is 1. The zero-order valence-corrected chi connectivity index (χ0v) is 20.9. The molecular formula is C26H29N3O6S. The standard InChI is InChI=1S/C26H29N3O6S/c1-2-35-26(32)19-10-12-20(13-11-19)27-24(30)18-36(33,34)23-16-29(22-9-5-4-8-21(22)23)17-25(31)28-14-6-3-7-15-28/h4-5,8-13,16H,2-3,6-7,14-15,17-18H2,1H3,(H,27,30). The van der Waals surface area contributed by atoms with Gasteiger partial charge < -0.3 is 19.5 Å². The number of nitrogens with zero attached hydrogens (tertiary/aromatic N) is 2. The number of hydrogen-bond acceptors (Lipinski definition) is 6. The van der Waals surface area contributed by atoms with Crippen LogP contribution < -0.4 is 5.32 Å². The second-order valence-electron chi connectivity index (χ2n) is 8.68. The molecule has 9 nitrogen and oxygen atoms in total. The van der Waals surface area contributed by atoms with Gasteiger partial charge >= 0.3 is 5.97 Å². The quantitative estimate of drug-likeness (QED) is 0.465. The molecule has 10 heteroatoms. The Bertz CT molecular complexity index is 1370. The Kier molecular flexibility index (Phi) is 7.73. The van der Waals surface area contributed by atoms with Crippen LogP contribution in [0.4, 0.5) is 5.69 Å². The number of rotatable bonds is 8.